The molecule has 2 heterocycles. The van der Waals surface area contributed by atoms with Gasteiger partial charge in [-0.2, -0.15) is 4.80 Å². The minimum absolute atomic E-state index is 0.280. The Labute approximate surface area is 88.0 Å². The lowest BCUT2D eigenvalue weighted by atomic mass is 9.93. The maximum absolute atomic E-state index is 14.4. The van der Waals surface area contributed by atoms with E-state index in [9.17, 15) is 4.39 Å². The highest BCUT2D eigenvalue weighted by atomic mass is 19.1. The maximum atomic E-state index is 14.4. The topological polar surface area (TPSA) is 55.6 Å². The number of alkyl halides is 1. The number of rotatable bonds is 2. The predicted molar refractivity (Wildman–Crippen MR) is 53.1 cm³/mol. The normalized spacial score (nSPS) is 27.6. The first kappa shape index (κ1) is 10.5. The average Bonchev–Trinajstić information content (AvgIpc) is 2.46. The summed E-state index contributed by atoms with van der Waals surface area (Å²) >= 11 is 0. The summed E-state index contributed by atoms with van der Waals surface area (Å²) in [5, 5.41) is 14.7. The number of aromatic nitrogens is 4. The number of halogens is 1. The lowest BCUT2D eigenvalue weighted by molar-refractivity contribution is 0.141. The molecule has 0 aromatic carbocycles. The van der Waals surface area contributed by atoms with Crippen LogP contribution >= 0.6 is 0 Å². The van der Waals surface area contributed by atoms with E-state index in [4.69, 9.17) is 0 Å². The van der Waals surface area contributed by atoms with Crippen molar-refractivity contribution in [1.29, 1.82) is 0 Å². The van der Waals surface area contributed by atoms with Crippen molar-refractivity contribution in [3.63, 3.8) is 0 Å². The van der Waals surface area contributed by atoms with Gasteiger partial charge in [0, 0.05) is 6.42 Å². The lowest BCUT2D eigenvalue weighted by Crippen LogP contribution is -2.28. The molecule has 1 saturated heterocycles. The number of nitrogens with zero attached hydrogens (tertiary/aromatic N) is 4. The van der Waals surface area contributed by atoms with E-state index in [1.165, 1.54) is 4.80 Å². The molecule has 0 amide bonds. The molecule has 1 fully saturated rings. The summed E-state index contributed by atoms with van der Waals surface area (Å²) in [6.07, 6.45) is 2.27. The Hall–Kier alpha value is -1.04. The van der Waals surface area contributed by atoms with Crippen LogP contribution in [0.15, 0.2) is 0 Å². The van der Waals surface area contributed by atoms with Crippen molar-refractivity contribution in [2.75, 3.05) is 13.1 Å². The van der Waals surface area contributed by atoms with Gasteiger partial charge in [-0.1, -0.05) is 0 Å². The van der Waals surface area contributed by atoms with Crippen molar-refractivity contribution in [2.24, 2.45) is 7.05 Å². The van der Waals surface area contributed by atoms with Crippen LogP contribution in [-0.4, -0.2) is 39.0 Å². The Balaban J connectivity index is 2.02. The third-order valence-corrected chi connectivity index (χ3v) is 2.75. The quantitative estimate of drug-likeness (QED) is 0.764. The van der Waals surface area contributed by atoms with Crippen LogP contribution < -0.4 is 5.32 Å². The Kier molecular flexibility index (Phi) is 2.95. The van der Waals surface area contributed by atoms with Gasteiger partial charge in [-0.05, 0) is 37.6 Å². The molecule has 15 heavy (non-hydrogen) atoms. The van der Waals surface area contributed by atoms with Crippen LogP contribution in [0.2, 0.25) is 0 Å². The van der Waals surface area contributed by atoms with Crippen LogP contribution in [0, 0.1) is 0 Å². The molecule has 0 radical (unpaired) electrons. The molecule has 1 aliphatic rings. The maximum Gasteiger partial charge on any atom is 0.177 e. The van der Waals surface area contributed by atoms with Crippen LogP contribution in [0.5, 0.6) is 0 Å². The summed E-state index contributed by atoms with van der Waals surface area (Å²) in [7, 11) is 1.69. The zero-order valence-corrected chi connectivity index (χ0v) is 8.91. The van der Waals surface area contributed by atoms with E-state index < -0.39 is 5.67 Å². The molecule has 0 spiro atoms. The number of hydrogen-bond acceptors (Lipinski definition) is 4. The SMILES string of the molecule is Cn1nnc(CC2(F)CCCNCC2)n1. The van der Waals surface area contributed by atoms with E-state index in [1.807, 2.05) is 0 Å². The van der Waals surface area contributed by atoms with Crippen molar-refractivity contribution < 1.29 is 4.39 Å². The summed E-state index contributed by atoms with van der Waals surface area (Å²) < 4.78 is 14.4. The minimum atomic E-state index is -1.16. The zero-order valence-electron chi connectivity index (χ0n) is 8.91. The first-order valence-corrected chi connectivity index (χ1v) is 5.30. The molecule has 1 aliphatic heterocycles. The van der Waals surface area contributed by atoms with Crippen LogP contribution in [-0.2, 0) is 13.5 Å². The number of tetrazole rings is 1. The number of aryl methyl sites for hydroxylation is 1. The molecule has 6 heteroatoms. The van der Waals surface area contributed by atoms with Gasteiger partial charge < -0.3 is 5.32 Å². The summed E-state index contributed by atoms with van der Waals surface area (Å²) in [5.74, 6) is 0.502. The van der Waals surface area contributed by atoms with Crippen LogP contribution in [0.4, 0.5) is 4.39 Å². The molecule has 0 aliphatic carbocycles. The van der Waals surface area contributed by atoms with Crippen molar-refractivity contribution in [3.8, 4) is 0 Å². The number of nitrogens with one attached hydrogen (secondary N) is 1. The van der Waals surface area contributed by atoms with E-state index in [0.29, 0.717) is 18.7 Å². The van der Waals surface area contributed by atoms with Gasteiger partial charge >= 0.3 is 0 Å². The molecule has 1 aromatic rings. The van der Waals surface area contributed by atoms with Gasteiger partial charge in [0.05, 0.1) is 7.05 Å². The third kappa shape index (κ3) is 2.71. The smallest absolute Gasteiger partial charge is 0.177 e. The van der Waals surface area contributed by atoms with Gasteiger partial charge in [0.25, 0.3) is 0 Å². The average molecular weight is 213 g/mol. The van der Waals surface area contributed by atoms with Gasteiger partial charge in [0.15, 0.2) is 5.82 Å². The summed E-state index contributed by atoms with van der Waals surface area (Å²) in [5.41, 5.74) is -1.16. The second-order valence-corrected chi connectivity index (χ2v) is 4.13. The van der Waals surface area contributed by atoms with E-state index in [1.54, 1.807) is 7.05 Å². The highest BCUT2D eigenvalue weighted by molar-refractivity contribution is 4.93. The Morgan fingerprint density at radius 3 is 3.07 bits per heavy atom. The predicted octanol–water partition coefficient (Wildman–Crippen LogP) is 0.234. The monoisotopic (exact) mass is 213 g/mol. The van der Waals surface area contributed by atoms with Crippen molar-refractivity contribution >= 4 is 0 Å². The Bertz CT molecular complexity index is 316. The van der Waals surface area contributed by atoms with Crippen molar-refractivity contribution in [2.45, 2.75) is 31.4 Å². The van der Waals surface area contributed by atoms with Crippen molar-refractivity contribution in [1.82, 2.24) is 25.5 Å². The summed E-state index contributed by atoms with van der Waals surface area (Å²) in [4.78, 5) is 1.37. The summed E-state index contributed by atoms with van der Waals surface area (Å²) in [6.45, 7) is 1.64. The van der Waals surface area contributed by atoms with E-state index >= 15 is 0 Å². The van der Waals surface area contributed by atoms with Crippen LogP contribution in [0.25, 0.3) is 0 Å². The Morgan fingerprint density at radius 1 is 1.47 bits per heavy atom. The molecule has 2 rings (SSSR count). The first-order valence-electron chi connectivity index (χ1n) is 5.30. The molecule has 1 atom stereocenters. The largest absolute Gasteiger partial charge is 0.317 e. The number of hydrogen-bond donors (Lipinski definition) is 1. The molecule has 1 unspecified atom stereocenters. The third-order valence-electron chi connectivity index (χ3n) is 2.75. The molecule has 1 aromatic heterocycles. The van der Waals surface area contributed by atoms with E-state index in [-0.39, 0.29) is 6.42 Å². The first-order chi connectivity index (χ1) is 7.18. The minimum Gasteiger partial charge on any atom is -0.317 e. The second kappa shape index (κ2) is 4.22. The molecule has 5 nitrogen and oxygen atoms in total. The van der Waals surface area contributed by atoms with Crippen LogP contribution in [0.3, 0.4) is 0 Å². The van der Waals surface area contributed by atoms with E-state index in [2.05, 4.69) is 20.7 Å². The highest BCUT2D eigenvalue weighted by Gasteiger charge is 2.32. The molecule has 84 valence electrons. The van der Waals surface area contributed by atoms with Gasteiger partial charge in [0.2, 0.25) is 0 Å². The molecular formula is C9H16FN5. The van der Waals surface area contributed by atoms with Gasteiger partial charge in [-0.15, -0.1) is 10.2 Å². The summed E-state index contributed by atoms with van der Waals surface area (Å²) in [6, 6.07) is 0. The van der Waals surface area contributed by atoms with Gasteiger partial charge in [0.1, 0.15) is 5.67 Å². The zero-order chi connectivity index (χ0) is 10.7. The van der Waals surface area contributed by atoms with Crippen molar-refractivity contribution in [3.05, 3.63) is 5.82 Å². The van der Waals surface area contributed by atoms with Gasteiger partial charge in [-0.3, -0.25) is 0 Å². The Morgan fingerprint density at radius 2 is 2.33 bits per heavy atom. The lowest BCUT2D eigenvalue weighted by Gasteiger charge is -2.20. The fourth-order valence-electron chi connectivity index (χ4n) is 1.95. The van der Waals surface area contributed by atoms with Crippen LogP contribution in [0.1, 0.15) is 25.1 Å². The highest BCUT2D eigenvalue weighted by Crippen LogP contribution is 2.27. The second-order valence-electron chi connectivity index (χ2n) is 4.13. The molecule has 1 N–H and O–H groups in total. The molecular weight excluding hydrogens is 197 g/mol. The van der Waals surface area contributed by atoms with E-state index in [0.717, 1.165) is 19.5 Å². The van der Waals surface area contributed by atoms with Gasteiger partial charge in [-0.25, -0.2) is 4.39 Å². The molecule has 0 saturated carbocycles. The molecule has 0 bridgehead atoms. The standard InChI is InChI=1S/C9H16FN5/c1-15-13-8(12-14-15)7-9(10)3-2-5-11-6-4-9/h11H,2-7H2,1H3. The fraction of sp³-hybridized carbons (Fsp3) is 0.889. The fourth-order valence-corrected chi connectivity index (χ4v) is 1.95.